The number of anilines is 1. The van der Waals surface area contributed by atoms with Crippen LogP contribution < -0.4 is 11.1 Å². The summed E-state index contributed by atoms with van der Waals surface area (Å²) in [6.45, 7) is 1.86. The molecule has 1 aromatic rings. The number of carbonyl (C=O) groups is 2. The SMILES string of the molecule is Cc1nc(NC(=O)C[C@H]2C=CCC2)sc1SCC(N)=O. The normalized spacial score (nSPS) is 17.4. The summed E-state index contributed by atoms with van der Waals surface area (Å²) in [5, 5.41) is 3.41. The summed E-state index contributed by atoms with van der Waals surface area (Å²) in [6, 6.07) is 0. The lowest BCUT2D eigenvalue weighted by Crippen LogP contribution is -2.14. The van der Waals surface area contributed by atoms with Crippen molar-refractivity contribution in [1.82, 2.24) is 4.98 Å². The Bertz CT molecular complexity index is 540. The number of thiazole rings is 1. The van der Waals surface area contributed by atoms with E-state index in [9.17, 15) is 9.59 Å². The number of nitrogens with one attached hydrogen (secondary N) is 1. The lowest BCUT2D eigenvalue weighted by atomic mass is 10.1. The van der Waals surface area contributed by atoms with Crippen molar-refractivity contribution in [2.24, 2.45) is 11.7 Å². The highest BCUT2D eigenvalue weighted by atomic mass is 32.2. The van der Waals surface area contributed by atoms with E-state index in [1.807, 2.05) is 6.92 Å². The molecule has 0 fully saturated rings. The van der Waals surface area contributed by atoms with Crippen molar-refractivity contribution < 1.29 is 9.59 Å². The van der Waals surface area contributed by atoms with Crippen LogP contribution in [0.3, 0.4) is 0 Å². The average Bonchev–Trinajstić information content (AvgIpc) is 2.97. The van der Waals surface area contributed by atoms with E-state index in [0.717, 1.165) is 22.7 Å². The molecule has 0 saturated heterocycles. The highest BCUT2D eigenvalue weighted by Gasteiger charge is 2.16. The zero-order chi connectivity index (χ0) is 14.5. The predicted molar refractivity (Wildman–Crippen MR) is 81.9 cm³/mol. The van der Waals surface area contributed by atoms with E-state index in [0.29, 0.717) is 17.5 Å². The molecule has 108 valence electrons. The molecule has 1 heterocycles. The summed E-state index contributed by atoms with van der Waals surface area (Å²) in [4.78, 5) is 27.0. The Hall–Kier alpha value is -1.34. The highest BCUT2D eigenvalue weighted by Crippen LogP contribution is 2.32. The van der Waals surface area contributed by atoms with Gasteiger partial charge in [-0.05, 0) is 25.7 Å². The van der Waals surface area contributed by atoms with E-state index in [2.05, 4.69) is 22.5 Å². The van der Waals surface area contributed by atoms with Crippen molar-refractivity contribution in [2.75, 3.05) is 11.1 Å². The fourth-order valence-electron chi connectivity index (χ4n) is 1.98. The summed E-state index contributed by atoms with van der Waals surface area (Å²) < 4.78 is 0.917. The van der Waals surface area contributed by atoms with Crippen LogP contribution in [0.1, 0.15) is 25.0 Å². The third-order valence-electron chi connectivity index (χ3n) is 2.91. The second kappa shape index (κ2) is 6.90. The van der Waals surface area contributed by atoms with E-state index < -0.39 is 0 Å². The molecule has 0 unspecified atom stereocenters. The van der Waals surface area contributed by atoms with Gasteiger partial charge in [-0.3, -0.25) is 9.59 Å². The number of nitrogens with two attached hydrogens (primary N) is 1. The molecule has 3 N–H and O–H groups in total. The summed E-state index contributed by atoms with van der Waals surface area (Å²) >= 11 is 2.74. The molecule has 7 heteroatoms. The second-order valence-corrected chi connectivity index (χ2v) is 6.91. The first-order valence-corrected chi connectivity index (χ1v) is 8.20. The van der Waals surface area contributed by atoms with Crippen LogP contribution in [-0.2, 0) is 9.59 Å². The third-order valence-corrected chi connectivity index (χ3v) is 5.36. The summed E-state index contributed by atoms with van der Waals surface area (Å²) in [7, 11) is 0. The largest absolute Gasteiger partial charge is 0.369 e. The van der Waals surface area contributed by atoms with Crippen LogP contribution in [0.5, 0.6) is 0 Å². The lowest BCUT2D eigenvalue weighted by molar-refractivity contribution is -0.117. The summed E-state index contributed by atoms with van der Waals surface area (Å²) in [5.74, 6) is 0.200. The van der Waals surface area contributed by atoms with Crippen molar-refractivity contribution >= 4 is 40.0 Å². The van der Waals surface area contributed by atoms with Gasteiger partial charge in [0.15, 0.2) is 5.13 Å². The van der Waals surface area contributed by atoms with Gasteiger partial charge in [-0.2, -0.15) is 0 Å². The maximum atomic E-state index is 11.9. The van der Waals surface area contributed by atoms with Crippen molar-refractivity contribution in [3.63, 3.8) is 0 Å². The molecule has 2 rings (SSSR count). The minimum absolute atomic E-state index is 0.0123. The van der Waals surface area contributed by atoms with Crippen LogP contribution in [0.4, 0.5) is 5.13 Å². The number of nitrogens with zero attached hydrogens (tertiary/aromatic N) is 1. The van der Waals surface area contributed by atoms with Crippen LogP contribution in [0.25, 0.3) is 0 Å². The van der Waals surface area contributed by atoms with Crippen LogP contribution in [0.15, 0.2) is 16.4 Å². The second-order valence-electron chi connectivity index (χ2n) is 4.66. The Balaban J connectivity index is 1.88. The molecule has 1 aliphatic rings. The number of primary amides is 1. The van der Waals surface area contributed by atoms with Gasteiger partial charge in [0.1, 0.15) is 0 Å². The molecular formula is C13H17N3O2S2. The first kappa shape index (κ1) is 15.1. The molecule has 5 nitrogen and oxygen atoms in total. The zero-order valence-electron chi connectivity index (χ0n) is 11.2. The standard InChI is InChI=1S/C13H17N3O2S2/c1-8-12(19-7-10(14)17)20-13(15-8)16-11(18)6-9-4-2-3-5-9/h2,4,9H,3,5-7H2,1H3,(H2,14,17)(H,15,16,18)/t9-/m0/s1. The van der Waals surface area contributed by atoms with E-state index in [-0.39, 0.29) is 17.6 Å². The van der Waals surface area contributed by atoms with Crippen molar-refractivity contribution in [1.29, 1.82) is 0 Å². The molecular weight excluding hydrogens is 294 g/mol. The minimum Gasteiger partial charge on any atom is -0.369 e. The number of thioether (sulfide) groups is 1. The molecule has 0 bridgehead atoms. The number of hydrogen-bond donors (Lipinski definition) is 2. The molecule has 1 atom stereocenters. The van der Waals surface area contributed by atoms with E-state index in [1.165, 1.54) is 23.1 Å². The van der Waals surface area contributed by atoms with Gasteiger partial charge in [0, 0.05) is 6.42 Å². The fraction of sp³-hybridized carbons (Fsp3) is 0.462. The Labute approximate surface area is 126 Å². The monoisotopic (exact) mass is 311 g/mol. The topological polar surface area (TPSA) is 85.1 Å². The predicted octanol–water partition coefficient (Wildman–Crippen LogP) is 2.32. The first-order valence-electron chi connectivity index (χ1n) is 6.39. The lowest BCUT2D eigenvalue weighted by Gasteiger charge is -2.06. The number of rotatable bonds is 6. The Kier molecular flexibility index (Phi) is 5.19. The molecule has 1 aliphatic carbocycles. The van der Waals surface area contributed by atoms with Gasteiger partial charge in [-0.15, -0.1) is 11.8 Å². The molecule has 0 aliphatic heterocycles. The summed E-state index contributed by atoms with van der Waals surface area (Å²) in [6.07, 6.45) is 6.82. The average molecular weight is 311 g/mol. The van der Waals surface area contributed by atoms with Gasteiger partial charge in [0.05, 0.1) is 15.7 Å². The molecule has 2 amide bonds. The molecule has 0 radical (unpaired) electrons. The number of aromatic nitrogens is 1. The first-order chi connectivity index (χ1) is 9.54. The maximum Gasteiger partial charge on any atom is 0.227 e. The minimum atomic E-state index is -0.360. The van der Waals surface area contributed by atoms with E-state index in [4.69, 9.17) is 5.73 Å². The van der Waals surface area contributed by atoms with E-state index in [1.54, 1.807) is 0 Å². The molecule has 20 heavy (non-hydrogen) atoms. The molecule has 0 spiro atoms. The molecule has 0 saturated carbocycles. The third kappa shape index (κ3) is 4.35. The number of aryl methyl sites for hydroxylation is 1. The van der Waals surface area contributed by atoms with Crippen molar-refractivity contribution in [3.8, 4) is 0 Å². The quantitative estimate of drug-likeness (QED) is 0.623. The van der Waals surface area contributed by atoms with Gasteiger partial charge in [0.25, 0.3) is 0 Å². The number of amides is 2. The number of allylic oxidation sites excluding steroid dienone is 2. The Morgan fingerprint density at radius 2 is 2.40 bits per heavy atom. The van der Waals surface area contributed by atoms with Crippen LogP contribution in [0, 0.1) is 12.8 Å². The zero-order valence-corrected chi connectivity index (χ0v) is 12.9. The Morgan fingerprint density at radius 1 is 1.60 bits per heavy atom. The van der Waals surface area contributed by atoms with Gasteiger partial charge in [-0.25, -0.2) is 4.98 Å². The van der Waals surface area contributed by atoms with Gasteiger partial charge >= 0.3 is 0 Å². The van der Waals surface area contributed by atoms with Crippen LogP contribution in [0.2, 0.25) is 0 Å². The highest BCUT2D eigenvalue weighted by molar-refractivity contribution is 8.01. The van der Waals surface area contributed by atoms with Crippen molar-refractivity contribution in [2.45, 2.75) is 30.4 Å². The number of hydrogen-bond acceptors (Lipinski definition) is 5. The molecule has 1 aromatic heterocycles. The summed E-state index contributed by atoms with van der Waals surface area (Å²) in [5.41, 5.74) is 5.93. The van der Waals surface area contributed by atoms with Gasteiger partial charge < -0.3 is 11.1 Å². The van der Waals surface area contributed by atoms with Gasteiger partial charge in [-0.1, -0.05) is 23.5 Å². The fourth-order valence-corrected chi connectivity index (χ4v) is 3.87. The Morgan fingerprint density at radius 3 is 3.05 bits per heavy atom. The van der Waals surface area contributed by atoms with Crippen molar-refractivity contribution in [3.05, 3.63) is 17.8 Å². The number of carbonyl (C=O) groups excluding carboxylic acids is 2. The van der Waals surface area contributed by atoms with Gasteiger partial charge in [0.2, 0.25) is 11.8 Å². The molecule has 0 aromatic carbocycles. The van der Waals surface area contributed by atoms with Crippen LogP contribution in [-0.4, -0.2) is 22.6 Å². The van der Waals surface area contributed by atoms with E-state index >= 15 is 0 Å². The van der Waals surface area contributed by atoms with Crippen LogP contribution >= 0.6 is 23.1 Å². The maximum absolute atomic E-state index is 11.9. The smallest absolute Gasteiger partial charge is 0.227 e.